The summed E-state index contributed by atoms with van der Waals surface area (Å²) in [5.74, 6) is 0.157. The van der Waals surface area contributed by atoms with Crippen molar-refractivity contribution in [2.24, 2.45) is 5.92 Å². The summed E-state index contributed by atoms with van der Waals surface area (Å²) in [6.07, 6.45) is 7.24. The second kappa shape index (κ2) is 6.36. The van der Waals surface area contributed by atoms with Gasteiger partial charge in [0.2, 0.25) is 0 Å². The molecule has 1 aliphatic heterocycles. The van der Waals surface area contributed by atoms with Crippen LogP contribution in [0.5, 0.6) is 0 Å². The first-order valence-electron chi connectivity index (χ1n) is 6.95. The molecule has 2 rings (SSSR count). The predicted octanol–water partition coefficient (Wildman–Crippen LogP) is 1.32. The number of carboxylic acid groups (broad SMARTS) is 1. The average molecular weight is 240 g/mol. The van der Waals surface area contributed by atoms with Gasteiger partial charge < -0.3 is 10.4 Å². The smallest absolute Gasteiger partial charge is 0.320 e. The van der Waals surface area contributed by atoms with Crippen LogP contribution in [0.1, 0.15) is 38.5 Å². The molecule has 4 nitrogen and oxygen atoms in total. The third-order valence-corrected chi connectivity index (χ3v) is 4.20. The van der Waals surface area contributed by atoms with Gasteiger partial charge in [-0.25, -0.2) is 0 Å². The Hall–Kier alpha value is -0.610. The van der Waals surface area contributed by atoms with Crippen LogP contribution >= 0.6 is 0 Å². The zero-order chi connectivity index (χ0) is 12.1. The largest absolute Gasteiger partial charge is 0.480 e. The van der Waals surface area contributed by atoms with E-state index in [1.165, 1.54) is 25.7 Å². The summed E-state index contributed by atoms with van der Waals surface area (Å²) in [5, 5.41) is 12.6. The molecule has 0 spiro atoms. The molecule has 1 heterocycles. The van der Waals surface area contributed by atoms with Crippen molar-refractivity contribution >= 4 is 5.97 Å². The Morgan fingerprint density at radius 1 is 1.29 bits per heavy atom. The molecule has 0 amide bonds. The summed E-state index contributed by atoms with van der Waals surface area (Å²) in [6, 6.07) is -0.252. The van der Waals surface area contributed by atoms with Gasteiger partial charge in [-0.2, -0.15) is 0 Å². The molecule has 0 radical (unpaired) electrons. The number of carboxylic acids is 1. The molecular weight excluding hydrogens is 216 g/mol. The second-order valence-electron chi connectivity index (χ2n) is 5.37. The number of hydrogen-bond acceptors (Lipinski definition) is 3. The first-order chi connectivity index (χ1) is 8.27. The number of nitrogens with one attached hydrogen (secondary N) is 1. The molecule has 1 saturated heterocycles. The molecule has 0 aromatic carbocycles. The molecule has 98 valence electrons. The van der Waals surface area contributed by atoms with E-state index >= 15 is 0 Å². The minimum atomic E-state index is -0.634. The third kappa shape index (κ3) is 3.68. The van der Waals surface area contributed by atoms with Crippen LogP contribution in [-0.2, 0) is 4.79 Å². The van der Waals surface area contributed by atoms with Crippen molar-refractivity contribution in [3.8, 4) is 0 Å². The normalized spacial score (nSPS) is 24.9. The molecular formula is C13H24N2O2. The van der Waals surface area contributed by atoms with Gasteiger partial charge in [0.1, 0.15) is 6.04 Å². The van der Waals surface area contributed by atoms with Crippen LogP contribution < -0.4 is 5.32 Å². The molecule has 2 aliphatic rings. The summed E-state index contributed by atoms with van der Waals surface area (Å²) >= 11 is 0. The van der Waals surface area contributed by atoms with Crippen molar-refractivity contribution in [3.63, 3.8) is 0 Å². The van der Waals surface area contributed by atoms with E-state index in [-0.39, 0.29) is 6.04 Å². The zero-order valence-electron chi connectivity index (χ0n) is 10.5. The lowest BCUT2D eigenvalue weighted by molar-refractivity contribution is -0.144. The maximum atomic E-state index is 11.3. The summed E-state index contributed by atoms with van der Waals surface area (Å²) in [5.41, 5.74) is 0. The van der Waals surface area contributed by atoms with Crippen LogP contribution in [0.2, 0.25) is 0 Å². The molecule has 4 heteroatoms. The van der Waals surface area contributed by atoms with Gasteiger partial charge in [-0.15, -0.1) is 0 Å². The van der Waals surface area contributed by atoms with E-state index in [0.29, 0.717) is 0 Å². The minimum absolute atomic E-state index is 0.252. The molecule has 2 N–H and O–H groups in total. The van der Waals surface area contributed by atoms with Crippen molar-refractivity contribution in [2.45, 2.75) is 44.6 Å². The maximum absolute atomic E-state index is 11.3. The van der Waals surface area contributed by atoms with E-state index in [4.69, 9.17) is 0 Å². The van der Waals surface area contributed by atoms with Crippen LogP contribution in [0, 0.1) is 5.92 Å². The van der Waals surface area contributed by atoms with E-state index < -0.39 is 5.97 Å². The Balaban J connectivity index is 1.80. The van der Waals surface area contributed by atoms with E-state index in [0.717, 1.165) is 44.9 Å². The Morgan fingerprint density at radius 2 is 1.94 bits per heavy atom. The lowest BCUT2D eigenvalue weighted by atomic mass is 9.97. The Morgan fingerprint density at radius 3 is 2.53 bits per heavy atom. The van der Waals surface area contributed by atoms with Crippen LogP contribution in [0.3, 0.4) is 0 Å². The number of carbonyl (C=O) groups is 1. The van der Waals surface area contributed by atoms with Crippen molar-refractivity contribution < 1.29 is 9.90 Å². The SMILES string of the molecule is O=C(O)C(CCC1CCCC1)N1CCNCC1. The Kier molecular flexibility index (Phi) is 4.80. The van der Waals surface area contributed by atoms with Gasteiger partial charge in [-0.05, 0) is 18.8 Å². The number of hydrogen-bond donors (Lipinski definition) is 2. The van der Waals surface area contributed by atoms with Crippen molar-refractivity contribution in [3.05, 3.63) is 0 Å². The molecule has 0 aromatic heterocycles. The van der Waals surface area contributed by atoms with Crippen LogP contribution in [-0.4, -0.2) is 48.2 Å². The van der Waals surface area contributed by atoms with Crippen LogP contribution in [0.15, 0.2) is 0 Å². The average Bonchev–Trinajstić information content (AvgIpc) is 2.83. The lowest BCUT2D eigenvalue weighted by Crippen LogP contribution is -2.51. The topological polar surface area (TPSA) is 52.6 Å². The molecule has 0 bridgehead atoms. The molecule has 17 heavy (non-hydrogen) atoms. The van der Waals surface area contributed by atoms with Gasteiger partial charge in [0.15, 0.2) is 0 Å². The first kappa shape index (κ1) is 12.8. The highest BCUT2D eigenvalue weighted by Crippen LogP contribution is 2.29. The Bertz CT molecular complexity index is 246. The fourth-order valence-electron chi connectivity index (χ4n) is 3.15. The minimum Gasteiger partial charge on any atom is -0.480 e. The monoisotopic (exact) mass is 240 g/mol. The summed E-state index contributed by atoms with van der Waals surface area (Å²) in [4.78, 5) is 13.5. The van der Waals surface area contributed by atoms with Gasteiger partial charge >= 0.3 is 5.97 Å². The molecule has 1 aliphatic carbocycles. The van der Waals surface area contributed by atoms with Gasteiger partial charge in [0, 0.05) is 26.2 Å². The molecule has 0 aromatic rings. The van der Waals surface area contributed by atoms with Crippen molar-refractivity contribution in [1.29, 1.82) is 0 Å². The van der Waals surface area contributed by atoms with Crippen molar-refractivity contribution in [1.82, 2.24) is 10.2 Å². The van der Waals surface area contributed by atoms with Gasteiger partial charge in [-0.1, -0.05) is 25.7 Å². The third-order valence-electron chi connectivity index (χ3n) is 4.20. The lowest BCUT2D eigenvalue weighted by Gasteiger charge is -2.32. The van der Waals surface area contributed by atoms with E-state index in [9.17, 15) is 9.90 Å². The van der Waals surface area contributed by atoms with E-state index in [1.54, 1.807) is 0 Å². The molecule has 2 fully saturated rings. The van der Waals surface area contributed by atoms with E-state index in [2.05, 4.69) is 10.2 Å². The van der Waals surface area contributed by atoms with Gasteiger partial charge in [0.05, 0.1) is 0 Å². The number of nitrogens with zero attached hydrogens (tertiary/aromatic N) is 1. The highest BCUT2D eigenvalue weighted by atomic mass is 16.4. The van der Waals surface area contributed by atoms with Gasteiger partial charge in [-0.3, -0.25) is 9.69 Å². The fourth-order valence-corrected chi connectivity index (χ4v) is 3.15. The fraction of sp³-hybridized carbons (Fsp3) is 0.923. The number of aliphatic carboxylic acids is 1. The van der Waals surface area contributed by atoms with E-state index in [1.807, 2.05) is 0 Å². The first-order valence-corrected chi connectivity index (χ1v) is 6.95. The van der Waals surface area contributed by atoms with Crippen LogP contribution in [0.25, 0.3) is 0 Å². The highest BCUT2D eigenvalue weighted by Gasteiger charge is 2.27. The molecule has 1 unspecified atom stereocenters. The maximum Gasteiger partial charge on any atom is 0.320 e. The molecule has 1 atom stereocenters. The zero-order valence-corrected chi connectivity index (χ0v) is 10.5. The summed E-state index contributed by atoms with van der Waals surface area (Å²) in [6.45, 7) is 3.60. The number of rotatable bonds is 5. The second-order valence-corrected chi connectivity index (χ2v) is 5.37. The summed E-state index contributed by atoms with van der Waals surface area (Å²) < 4.78 is 0. The predicted molar refractivity (Wildman–Crippen MR) is 67.1 cm³/mol. The number of piperazine rings is 1. The van der Waals surface area contributed by atoms with Crippen molar-refractivity contribution in [2.75, 3.05) is 26.2 Å². The Labute approximate surface area is 103 Å². The summed E-state index contributed by atoms with van der Waals surface area (Å²) in [7, 11) is 0. The highest BCUT2D eigenvalue weighted by molar-refractivity contribution is 5.73. The van der Waals surface area contributed by atoms with Gasteiger partial charge in [0.25, 0.3) is 0 Å². The molecule has 1 saturated carbocycles. The quantitative estimate of drug-likeness (QED) is 0.761. The van der Waals surface area contributed by atoms with Crippen LogP contribution in [0.4, 0.5) is 0 Å². The standard InChI is InChI=1S/C13H24N2O2/c16-13(17)12(15-9-7-14-8-10-15)6-5-11-3-1-2-4-11/h11-12,14H,1-10H2,(H,16,17).